The van der Waals surface area contributed by atoms with Crippen molar-refractivity contribution in [1.29, 1.82) is 10.5 Å². The molecule has 0 amide bonds. The molecule has 3 aliphatic heterocycles. The first kappa shape index (κ1) is 46.8. The van der Waals surface area contributed by atoms with E-state index in [9.17, 15) is 34.8 Å². The van der Waals surface area contributed by atoms with Gasteiger partial charge >= 0.3 is 28.5 Å². The molecule has 3 fully saturated rings. The molecule has 5 rings (SSSR count). The number of aliphatic hydroxyl groups is 2. The van der Waals surface area contributed by atoms with E-state index in [4.69, 9.17) is 37.0 Å². The molecule has 21 heteroatoms. The molecule has 3 aliphatic rings. The number of nitriles is 2. The fraction of sp³-hybridized carbons (Fsp3) is 0.714. The normalized spacial score (nSPS) is 30.8. The molecule has 56 heavy (non-hydrogen) atoms. The third-order valence-corrected chi connectivity index (χ3v) is 20.7. The summed E-state index contributed by atoms with van der Waals surface area (Å²) in [5, 5.41) is 38.9. The van der Waals surface area contributed by atoms with Crippen molar-refractivity contribution in [2.75, 3.05) is 27.4 Å². The Hall–Kier alpha value is -3.59. The van der Waals surface area contributed by atoms with Gasteiger partial charge in [-0.3, -0.25) is 28.7 Å². The minimum Gasteiger partial charge on any atom is -0.414 e. The summed E-state index contributed by atoms with van der Waals surface area (Å²) in [6, 6.07) is 6.13. The summed E-state index contributed by atoms with van der Waals surface area (Å²) >= 11 is 0. The van der Waals surface area contributed by atoms with Gasteiger partial charge in [0.2, 0.25) is 0 Å². The molecule has 2 aromatic heterocycles. The number of nitrogens with zero attached hydrogens (tertiary/aromatic N) is 4. The van der Waals surface area contributed by atoms with Gasteiger partial charge in [-0.25, -0.2) is 9.59 Å². The maximum Gasteiger partial charge on any atom is 0.335 e. The summed E-state index contributed by atoms with van der Waals surface area (Å²) in [5.41, 5.74) is -6.24. The SMILES string of the molecule is C.CO[C@@H]1[C@@H]2O[Si](C(C)C)(C(C)C)O[Si](C(C)C)(C(C)C)OC[C@H]2O[C@@]1(C#N)n1ccc(=O)[nH]c1=O.CO[C@@H]1[C@H](O)[C@@H](CO)O[C@@]1(C#N)n1ccc(=O)[nH]c1=O. The van der Waals surface area contributed by atoms with E-state index in [-0.39, 0.29) is 36.2 Å². The summed E-state index contributed by atoms with van der Waals surface area (Å²) in [7, 11) is -3.12. The molecular weight excluding hydrogens is 769 g/mol. The van der Waals surface area contributed by atoms with Crippen LogP contribution in [0, 0.1) is 22.7 Å². The maximum atomic E-state index is 12.8. The topological polar surface area (TPSA) is 262 Å². The first-order valence-electron chi connectivity index (χ1n) is 18.0. The summed E-state index contributed by atoms with van der Waals surface area (Å²) in [4.78, 5) is 51.6. The van der Waals surface area contributed by atoms with Crippen LogP contribution in [0.4, 0.5) is 0 Å². The van der Waals surface area contributed by atoms with Crippen molar-refractivity contribution in [2.45, 2.75) is 133 Å². The quantitative estimate of drug-likeness (QED) is 0.259. The second-order valence-corrected chi connectivity index (χ2v) is 23.8. The van der Waals surface area contributed by atoms with Crippen molar-refractivity contribution < 1.29 is 42.1 Å². The average molecular weight is 825 g/mol. The summed E-state index contributed by atoms with van der Waals surface area (Å²) < 4.78 is 45.3. The standard InChI is InChI=1S/C23H39N3O7Si2.C11H13N3O6.CH4/c1-14(2)34(15(3)4)30-12-18-20(32-35(33-34,16(5)6)17(7)8)21(29-9)23(13-24,31-18)26-11-10-19(27)25-22(26)28;1-19-9-8(17)6(4-15)20-11(9,5-12)14-3-2-7(16)13-10(14)18;/h10-11,14-18,20-21H,12H2,1-9H3,(H,25,27,28);2-3,6,8-9,15,17H,4H2,1H3,(H,13,16,18);1H4/t18-,20-,21-,23-;6-,8-,9-,11-;/m11./s1. The number of nitrogens with one attached hydrogen (secondary N) is 2. The zero-order chi connectivity index (χ0) is 41.3. The predicted octanol–water partition coefficient (Wildman–Crippen LogP) is 1.20. The lowest BCUT2D eigenvalue weighted by Crippen LogP contribution is -2.66. The number of aromatic nitrogens is 4. The second-order valence-electron chi connectivity index (χ2n) is 14.9. The zero-order valence-electron chi connectivity index (χ0n) is 32.7. The summed E-state index contributed by atoms with van der Waals surface area (Å²) in [6.07, 6.45) is -3.63. The Morgan fingerprint density at radius 3 is 1.64 bits per heavy atom. The highest BCUT2D eigenvalue weighted by Crippen LogP contribution is 2.49. The molecule has 0 radical (unpaired) electrons. The third-order valence-electron chi connectivity index (χ3n) is 10.5. The Morgan fingerprint density at radius 1 is 0.821 bits per heavy atom. The van der Waals surface area contributed by atoms with Crippen LogP contribution in [0.25, 0.3) is 0 Å². The van der Waals surface area contributed by atoms with Gasteiger partial charge in [0.05, 0.1) is 13.2 Å². The first-order chi connectivity index (χ1) is 25.8. The van der Waals surface area contributed by atoms with E-state index in [0.717, 1.165) is 21.4 Å². The van der Waals surface area contributed by atoms with Gasteiger partial charge in [0.1, 0.15) is 48.8 Å². The van der Waals surface area contributed by atoms with E-state index < -0.39 is 94.3 Å². The molecule has 3 saturated heterocycles. The maximum absolute atomic E-state index is 12.8. The van der Waals surface area contributed by atoms with Crippen LogP contribution >= 0.6 is 0 Å². The van der Waals surface area contributed by atoms with E-state index in [1.54, 1.807) is 6.07 Å². The van der Waals surface area contributed by atoms with Crippen molar-refractivity contribution in [3.8, 4) is 12.1 Å². The molecule has 0 saturated carbocycles. The Balaban J connectivity index is 0.000000340. The highest BCUT2D eigenvalue weighted by molar-refractivity contribution is 6.84. The Bertz CT molecular complexity index is 1970. The van der Waals surface area contributed by atoms with Gasteiger partial charge in [0.15, 0.2) is 0 Å². The van der Waals surface area contributed by atoms with E-state index >= 15 is 0 Å². The smallest absolute Gasteiger partial charge is 0.335 e. The number of aromatic amines is 2. The van der Waals surface area contributed by atoms with E-state index in [1.165, 1.54) is 26.5 Å². The van der Waals surface area contributed by atoms with Crippen molar-refractivity contribution in [1.82, 2.24) is 19.1 Å². The molecule has 0 aliphatic carbocycles. The van der Waals surface area contributed by atoms with Crippen LogP contribution in [0.2, 0.25) is 22.2 Å². The molecule has 4 N–H and O–H groups in total. The van der Waals surface area contributed by atoms with E-state index in [2.05, 4.69) is 66.4 Å². The van der Waals surface area contributed by atoms with Crippen LogP contribution < -0.4 is 22.5 Å². The first-order valence-corrected chi connectivity index (χ1v) is 21.9. The van der Waals surface area contributed by atoms with E-state index in [1.807, 2.05) is 4.98 Å². The second kappa shape index (κ2) is 17.9. The largest absolute Gasteiger partial charge is 0.414 e. The van der Waals surface area contributed by atoms with Crippen LogP contribution in [0.5, 0.6) is 0 Å². The van der Waals surface area contributed by atoms with Crippen molar-refractivity contribution >= 4 is 17.1 Å². The number of H-pyrrole nitrogens is 2. The molecule has 312 valence electrons. The molecule has 2 aromatic rings. The molecule has 5 heterocycles. The van der Waals surface area contributed by atoms with Crippen molar-refractivity contribution in [2.24, 2.45) is 0 Å². The minimum absolute atomic E-state index is 0. The van der Waals surface area contributed by atoms with Crippen LogP contribution in [-0.4, -0.2) is 110 Å². The van der Waals surface area contributed by atoms with Gasteiger partial charge in [-0.05, 0) is 22.2 Å². The van der Waals surface area contributed by atoms with Crippen LogP contribution in [0.3, 0.4) is 0 Å². The van der Waals surface area contributed by atoms with Crippen molar-refractivity contribution in [3.63, 3.8) is 0 Å². The molecule has 0 spiro atoms. The Labute approximate surface area is 327 Å². The molecule has 8 atom stereocenters. The number of ether oxygens (including phenoxy) is 4. The van der Waals surface area contributed by atoms with Gasteiger partial charge in [-0.1, -0.05) is 62.8 Å². The fourth-order valence-corrected chi connectivity index (χ4v) is 18.9. The van der Waals surface area contributed by atoms with Gasteiger partial charge in [0, 0.05) is 38.7 Å². The molecule has 0 aromatic carbocycles. The Kier molecular flexibility index (Phi) is 15.0. The monoisotopic (exact) mass is 824 g/mol. The van der Waals surface area contributed by atoms with Gasteiger partial charge < -0.3 is 42.1 Å². The fourth-order valence-electron chi connectivity index (χ4n) is 7.75. The lowest BCUT2D eigenvalue weighted by molar-refractivity contribution is -0.117. The number of fused-ring (bicyclic) bond motifs is 1. The third kappa shape index (κ3) is 7.83. The van der Waals surface area contributed by atoms with Crippen LogP contribution in [0.15, 0.2) is 43.7 Å². The summed E-state index contributed by atoms with van der Waals surface area (Å²) in [6.45, 7) is 16.5. The van der Waals surface area contributed by atoms with Gasteiger partial charge in [-0.15, -0.1) is 0 Å². The van der Waals surface area contributed by atoms with Crippen molar-refractivity contribution in [3.05, 3.63) is 66.2 Å². The zero-order valence-corrected chi connectivity index (χ0v) is 34.7. The number of rotatable bonds is 9. The Morgan fingerprint density at radius 2 is 1.27 bits per heavy atom. The number of methoxy groups -OCH3 is 2. The number of hydrogen-bond acceptors (Lipinski definition) is 15. The molecule has 19 nitrogen and oxygen atoms in total. The lowest BCUT2D eigenvalue weighted by atomic mass is 10.0. The summed E-state index contributed by atoms with van der Waals surface area (Å²) in [5.74, 6) is 0. The highest BCUT2D eigenvalue weighted by atomic mass is 28.5. The number of aliphatic hydroxyl groups excluding tert-OH is 2. The lowest BCUT2D eigenvalue weighted by Gasteiger charge is -2.51. The molecule has 0 unspecified atom stereocenters. The van der Waals surface area contributed by atoms with Crippen LogP contribution in [-0.2, 0) is 43.4 Å². The van der Waals surface area contributed by atoms with Gasteiger partial charge in [0.25, 0.3) is 22.6 Å². The molecular formula is C35H56N6O13Si2. The predicted molar refractivity (Wildman–Crippen MR) is 205 cm³/mol. The minimum atomic E-state index is -3.00. The average Bonchev–Trinajstić information content (AvgIpc) is 3.57. The molecule has 0 bridgehead atoms. The van der Waals surface area contributed by atoms with Crippen LogP contribution in [0.1, 0.15) is 62.8 Å². The van der Waals surface area contributed by atoms with E-state index in [0.29, 0.717) is 0 Å². The van der Waals surface area contributed by atoms with Gasteiger partial charge in [-0.2, -0.15) is 10.5 Å². The number of hydrogen-bond donors (Lipinski definition) is 4. The highest BCUT2D eigenvalue weighted by Gasteiger charge is 2.66.